The maximum absolute atomic E-state index is 11.5. The average Bonchev–Trinajstić information content (AvgIpc) is 2.46. The molecule has 0 radical (unpaired) electrons. The molecule has 0 aliphatic rings. The second-order valence-electron chi connectivity index (χ2n) is 3.68. The molecule has 0 aliphatic carbocycles. The Morgan fingerprint density at radius 2 is 1.78 bits per heavy atom. The Hall–Kier alpha value is -1.81. The number of rotatable bonds is 3. The van der Waals surface area contributed by atoms with Crippen molar-refractivity contribution in [2.45, 2.75) is 0 Å². The lowest BCUT2D eigenvalue weighted by Gasteiger charge is -2.07. The molecule has 4 heteroatoms. The normalized spacial score (nSPS) is 9.89. The third-order valence-corrected chi connectivity index (χ3v) is 2.85. The molecule has 0 saturated carbocycles. The maximum atomic E-state index is 11.5. The lowest BCUT2D eigenvalue weighted by molar-refractivity contribution is 0.0781. The van der Waals surface area contributed by atoms with Crippen molar-refractivity contribution >= 4 is 22.2 Å². The zero-order valence-corrected chi connectivity index (χ0v) is 11.3. The van der Waals surface area contributed by atoms with E-state index >= 15 is 0 Å². The molecule has 0 atom stereocenters. The molecule has 0 aliphatic heterocycles. The Morgan fingerprint density at radius 3 is 2.39 bits per heavy atom. The van der Waals surface area contributed by atoms with Gasteiger partial charge in [0, 0.05) is 0 Å². The first-order chi connectivity index (χ1) is 8.74. The number of halogens is 1. The van der Waals surface area contributed by atoms with Crippen LogP contribution in [0.3, 0.4) is 0 Å². The second kappa shape index (κ2) is 5.69. The molecule has 18 heavy (non-hydrogen) atoms. The molecule has 2 aromatic rings. The summed E-state index contributed by atoms with van der Waals surface area (Å²) in [7, 11) is 1.56. The van der Waals surface area contributed by atoms with Crippen LogP contribution in [0.15, 0.2) is 48.5 Å². The molecular weight excluding hydrogens is 296 g/mol. The van der Waals surface area contributed by atoms with Gasteiger partial charge in [-0.3, -0.25) is 0 Å². The van der Waals surface area contributed by atoms with E-state index < -0.39 is 5.97 Å². The Kier molecular flexibility index (Phi) is 3.99. The summed E-state index contributed by atoms with van der Waals surface area (Å²) in [6, 6.07) is 15.0. The van der Waals surface area contributed by atoms with Gasteiger partial charge in [-0.2, -0.15) is 0 Å². The number of carbonyl (C=O) groups excluding carboxylic acids is 1. The Bertz CT molecular complexity index is 552. The van der Waals surface area contributed by atoms with Gasteiger partial charge in [0.25, 0.3) is 0 Å². The SMILES string of the molecule is COc1cc(C(=O)OBr)cc(-c2ccccc2)c1. The highest BCUT2D eigenvalue weighted by Crippen LogP contribution is 2.26. The number of hydrogen-bond acceptors (Lipinski definition) is 3. The van der Waals surface area contributed by atoms with Crippen molar-refractivity contribution in [3.05, 3.63) is 54.1 Å². The van der Waals surface area contributed by atoms with Gasteiger partial charge >= 0.3 is 5.97 Å². The van der Waals surface area contributed by atoms with Crippen LogP contribution in [0.25, 0.3) is 11.1 Å². The smallest absolute Gasteiger partial charge is 0.349 e. The molecule has 3 nitrogen and oxygen atoms in total. The molecule has 0 N–H and O–H groups in total. The van der Waals surface area contributed by atoms with Gasteiger partial charge in [-0.25, -0.2) is 4.79 Å². The van der Waals surface area contributed by atoms with E-state index in [9.17, 15) is 4.79 Å². The van der Waals surface area contributed by atoms with Gasteiger partial charge in [0.15, 0.2) is 16.3 Å². The predicted octanol–water partition coefficient (Wildman–Crippen LogP) is 3.83. The van der Waals surface area contributed by atoms with Crippen LogP contribution in [0.5, 0.6) is 5.75 Å². The lowest BCUT2D eigenvalue weighted by Crippen LogP contribution is -1.99. The predicted molar refractivity (Wildman–Crippen MR) is 72.8 cm³/mol. The minimum absolute atomic E-state index is 0.435. The fourth-order valence-electron chi connectivity index (χ4n) is 1.68. The highest BCUT2D eigenvalue weighted by molar-refractivity contribution is 9.06. The Morgan fingerprint density at radius 1 is 1.06 bits per heavy atom. The van der Waals surface area contributed by atoms with Crippen LogP contribution >= 0.6 is 16.3 Å². The summed E-state index contributed by atoms with van der Waals surface area (Å²) in [6.07, 6.45) is 0. The van der Waals surface area contributed by atoms with E-state index in [1.165, 1.54) is 0 Å². The van der Waals surface area contributed by atoms with Crippen LogP contribution in [-0.4, -0.2) is 13.1 Å². The van der Waals surface area contributed by atoms with Crippen LogP contribution < -0.4 is 4.74 Å². The average molecular weight is 307 g/mol. The third kappa shape index (κ3) is 2.71. The van der Waals surface area contributed by atoms with Crippen molar-refractivity contribution in [3.63, 3.8) is 0 Å². The Labute approximate surface area is 114 Å². The molecule has 0 spiro atoms. The number of carbonyl (C=O) groups is 1. The minimum Gasteiger partial charge on any atom is -0.497 e. The molecule has 2 rings (SSSR count). The van der Waals surface area contributed by atoms with Gasteiger partial charge in [0.05, 0.1) is 12.7 Å². The van der Waals surface area contributed by atoms with E-state index in [4.69, 9.17) is 4.74 Å². The minimum atomic E-state index is -0.453. The standard InChI is InChI=1S/C14H11BrO3/c1-17-13-8-11(10-5-3-2-4-6-10)7-12(9-13)14(16)18-15/h2-9H,1H3. The monoisotopic (exact) mass is 306 g/mol. The number of benzene rings is 2. The summed E-state index contributed by atoms with van der Waals surface area (Å²) < 4.78 is 9.73. The van der Waals surface area contributed by atoms with Gasteiger partial charge in [-0.15, -0.1) is 0 Å². The van der Waals surface area contributed by atoms with E-state index in [2.05, 4.69) is 20.1 Å². The van der Waals surface area contributed by atoms with E-state index in [-0.39, 0.29) is 0 Å². The second-order valence-corrected chi connectivity index (χ2v) is 4.00. The van der Waals surface area contributed by atoms with Gasteiger partial charge in [-0.1, -0.05) is 30.3 Å². The largest absolute Gasteiger partial charge is 0.497 e. The molecule has 0 saturated heterocycles. The van der Waals surface area contributed by atoms with Crippen LogP contribution in [-0.2, 0) is 3.83 Å². The van der Waals surface area contributed by atoms with Gasteiger partial charge in [0.2, 0.25) is 0 Å². The van der Waals surface area contributed by atoms with Crippen molar-refractivity contribution in [1.82, 2.24) is 0 Å². The first-order valence-corrected chi connectivity index (χ1v) is 5.97. The topological polar surface area (TPSA) is 35.5 Å². The van der Waals surface area contributed by atoms with Crippen LogP contribution in [0.4, 0.5) is 0 Å². The zero-order chi connectivity index (χ0) is 13.0. The van der Waals surface area contributed by atoms with Crippen LogP contribution in [0, 0.1) is 0 Å². The number of methoxy groups -OCH3 is 1. The molecule has 0 bridgehead atoms. The first kappa shape index (κ1) is 12.6. The molecule has 0 fully saturated rings. The third-order valence-electron chi connectivity index (χ3n) is 2.56. The zero-order valence-electron chi connectivity index (χ0n) is 9.72. The molecule has 0 heterocycles. The number of ether oxygens (including phenoxy) is 1. The molecular formula is C14H11BrO3. The summed E-state index contributed by atoms with van der Waals surface area (Å²) in [5, 5.41) is 0. The maximum Gasteiger partial charge on any atom is 0.349 e. The van der Waals surface area contributed by atoms with Crippen molar-refractivity contribution in [3.8, 4) is 16.9 Å². The van der Waals surface area contributed by atoms with Crippen molar-refractivity contribution in [2.75, 3.05) is 7.11 Å². The van der Waals surface area contributed by atoms with Gasteiger partial charge in [-0.05, 0) is 29.3 Å². The summed E-state index contributed by atoms with van der Waals surface area (Å²) in [6.45, 7) is 0. The lowest BCUT2D eigenvalue weighted by atomic mass is 10.0. The summed E-state index contributed by atoms with van der Waals surface area (Å²) >= 11 is 2.69. The van der Waals surface area contributed by atoms with E-state index in [1.807, 2.05) is 36.4 Å². The summed E-state index contributed by atoms with van der Waals surface area (Å²) in [5.74, 6) is 0.162. The quantitative estimate of drug-likeness (QED) is 0.864. The first-order valence-electron chi connectivity index (χ1n) is 5.32. The van der Waals surface area contributed by atoms with E-state index in [0.717, 1.165) is 11.1 Å². The molecule has 92 valence electrons. The summed E-state index contributed by atoms with van der Waals surface area (Å²) in [4.78, 5) is 11.5. The number of hydrogen-bond donors (Lipinski definition) is 0. The fourth-order valence-corrected chi connectivity index (χ4v) is 1.86. The van der Waals surface area contributed by atoms with Crippen LogP contribution in [0.1, 0.15) is 10.4 Å². The molecule has 0 amide bonds. The van der Waals surface area contributed by atoms with E-state index in [0.29, 0.717) is 11.3 Å². The summed E-state index contributed by atoms with van der Waals surface area (Å²) in [5.41, 5.74) is 2.35. The van der Waals surface area contributed by atoms with Crippen LogP contribution in [0.2, 0.25) is 0 Å². The van der Waals surface area contributed by atoms with Crippen molar-refractivity contribution < 1.29 is 13.4 Å². The molecule has 2 aromatic carbocycles. The fraction of sp³-hybridized carbons (Fsp3) is 0.0714. The molecule has 0 unspecified atom stereocenters. The van der Waals surface area contributed by atoms with Crippen molar-refractivity contribution in [1.29, 1.82) is 0 Å². The molecule has 0 aromatic heterocycles. The van der Waals surface area contributed by atoms with Crippen molar-refractivity contribution in [2.24, 2.45) is 0 Å². The highest BCUT2D eigenvalue weighted by atomic mass is 79.9. The van der Waals surface area contributed by atoms with Gasteiger partial charge < -0.3 is 8.57 Å². The van der Waals surface area contributed by atoms with E-state index in [1.54, 1.807) is 19.2 Å². The van der Waals surface area contributed by atoms with Gasteiger partial charge in [0.1, 0.15) is 5.75 Å². The Balaban J connectivity index is 2.51. The highest BCUT2D eigenvalue weighted by Gasteiger charge is 2.10.